The first-order valence-electron chi connectivity index (χ1n) is 9.95. The molecular formula is C24H23BrClNO3. The van der Waals surface area contributed by atoms with Crippen LogP contribution in [-0.2, 0) is 9.59 Å². The molecule has 0 spiro atoms. The molecule has 2 aliphatic carbocycles. The van der Waals surface area contributed by atoms with Crippen LogP contribution in [0.2, 0.25) is 5.02 Å². The van der Waals surface area contributed by atoms with Crippen LogP contribution in [0.1, 0.15) is 49.5 Å². The summed E-state index contributed by atoms with van der Waals surface area (Å²) in [5.41, 5.74) is -0.724. The van der Waals surface area contributed by atoms with Gasteiger partial charge < -0.3 is 5.32 Å². The van der Waals surface area contributed by atoms with Crippen molar-refractivity contribution in [1.82, 2.24) is 0 Å². The van der Waals surface area contributed by atoms with Crippen LogP contribution in [0.15, 0.2) is 48.5 Å². The van der Waals surface area contributed by atoms with E-state index in [4.69, 9.17) is 11.6 Å². The maximum atomic E-state index is 13.7. The van der Waals surface area contributed by atoms with Crippen molar-refractivity contribution in [3.63, 3.8) is 0 Å². The minimum absolute atomic E-state index is 0.0746. The van der Waals surface area contributed by atoms with Crippen LogP contribution in [0.4, 0.5) is 5.69 Å². The van der Waals surface area contributed by atoms with Crippen molar-refractivity contribution in [3.05, 3.63) is 64.7 Å². The number of rotatable bonds is 4. The smallest absolute Gasteiger partial charge is 0.232 e. The maximum absolute atomic E-state index is 13.7. The summed E-state index contributed by atoms with van der Waals surface area (Å²) < 4.78 is 0. The lowest BCUT2D eigenvalue weighted by Gasteiger charge is -2.39. The highest BCUT2D eigenvalue weighted by atomic mass is 79.9. The molecule has 156 valence electrons. The third-order valence-electron chi connectivity index (χ3n) is 7.64. The van der Waals surface area contributed by atoms with Gasteiger partial charge in [-0.2, -0.15) is 0 Å². The van der Waals surface area contributed by atoms with Crippen LogP contribution in [0.5, 0.6) is 0 Å². The zero-order chi connectivity index (χ0) is 21.9. The van der Waals surface area contributed by atoms with Gasteiger partial charge in [0.25, 0.3) is 0 Å². The molecular weight excluding hydrogens is 466 g/mol. The average molecular weight is 489 g/mol. The molecule has 2 aliphatic rings. The number of amides is 1. The molecule has 4 nitrogen and oxygen atoms in total. The molecule has 2 aromatic carbocycles. The fourth-order valence-corrected chi connectivity index (χ4v) is 6.93. The first-order valence-corrected chi connectivity index (χ1v) is 11.2. The van der Waals surface area contributed by atoms with E-state index >= 15 is 0 Å². The van der Waals surface area contributed by atoms with E-state index in [1.807, 2.05) is 26.8 Å². The lowest BCUT2D eigenvalue weighted by Crippen LogP contribution is -2.48. The molecule has 1 N–H and O–H groups in total. The first kappa shape index (κ1) is 21.3. The molecule has 2 aromatic rings. The second-order valence-electron chi connectivity index (χ2n) is 8.99. The van der Waals surface area contributed by atoms with E-state index in [-0.39, 0.29) is 17.5 Å². The predicted molar refractivity (Wildman–Crippen MR) is 121 cm³/mol. The van der Waals surface area contributed by atoms with Gasteiger partial charge >= 0.3 is 0 Å². The molecule has 0 saturated heterocycles. The van der Waals surface area contributed by atoms with Crippen LogP contribution >= 0.6 is 27.5 Å². The summed E-state index contributed by atoms with van der Waals surface area (Å²) in [6.45, 7) is 5.95. The largest absolute Gasteiger partial charge is 0.325 e. The quantitative estimate of drug-likeness (QED) is 0.445. The van der Waals surface area contributed by atoms with Crippen LogP contribution < -0.4 is 5.32 Å². The van der Waals surface area contributed by atoms with Crippen molar-refractivity contribution in [2.24, 2.45) is 16.2 Å². The number of alkyl halides is 1. The molecule has 0 unspecified atom stereocenters. The van der Waals surface area contributed by atoms with E-state index in [0.717, 1.165) is 0 Å². The lowest BCUT2D eigenvalue weighted by atomic mass is 9.64. The standard InChI is InChI=1S/C24H23BrClNO3/c1-22(2)23(3)11-12-24(22,19(25)20(23)29)21(30)27-17-10-9-15(26)13-16(17)18(28)14-7-5-4-6-8-14/h4-10,13,19H,11-12H2,1-3H3,(H,27,30)/t19-,23-,24-/m1/s1. The minimum Gasteiger partial charge on any atom is -0.325 e. The summed E-state index contributed by atoms with van der Waals surface area (Å²) in [7, 11) is 0. The second kappa shape index (κ2) is 7.03. The van der Waals surface area contributed by atoms with E-state index in [0.29, 0.717) is 34.7 Å². The van der Waals surface area contributed by atoms with Crippen molar-refractivity contribution in [1.29, 1.82) is 0 Å². The van der Waals surface area contributed by atoms with Gasteiger partial charge in [0.05, 0.1) is 15.9 Å². The summed E-state index contributed by atoms with van der Waals surface area (Å²) in [6.07, 6.45) is 1.28. The SMILES string of the molecule is CC1(C)[C@]2(C(=O)Nc3ccc(Cl)cc3C(=O)c3ccccc3)CC[C@]1(C)C(=O)[C@H]2Br. The molecule has 3 atom stereocenters. The van der Waals surface area contributed by atoms with Gasteiger partial charge in [-0.3, -0.25) is 14.4 Å². The van der Waals surface area contributed by atoms with Crippen molar-refractivity contribution in [2.75, 3.05) is 5.32 Å². The Hall–Kier alpha value is -1.98. The number of hydrogen-bond donors (Lipinski definition) is 1. The van der Waals surface area contributed by atoms with Crippen LogP contribution in [0.3, 0.4) is 0 Å². The topological polar surface area (TPSA) is 63.2 Å². The molecule has 4 rings (SSSR count). The van der Waals surface area contributed by atoms with Crippen LogP contribution in [-0.4, -0.2) is 22.3 Å². The number of fused-ring (bicyclic) bond motifs is 2. The van der Waals surface area contributed by atoms with Crippen molar-refractivity contribution in [3.8, 4) is 0 Å². The first-order chi connectivity index (χ1) is 14.1. The van der Waals surface area contributed by atoms with E-state index in [1.165, 1.54) is 0 Å². The average Bonchev–Trinajstić information content (AvgIpc) is 3.00. The number of hydrogen-bond acceptors (Lipinski definition) is 3. The van der Waals surface area contributed by atoms with Crippen molar-refractivity contribution in [2.45, 2.75) is 38.4 Å². The minimum atomic E-state index is -0.883. The van der Waals surface area contributed by atoms with Gasteiger partial charge in [-0.15, -0.1) is 0 Å². The van der Waals surface area contributed by atoms with Crippen LogP contribution in [0, 0.1) is 16.2 Å². The van der Waals surface area contributed by atoms with Gasteiger partial charge in [-0.1, -0.05) is 78.6 Å². The Kier molecular flexibility index (Phi) is 4.98. The highest BCUT2D eigenvalue weighted by Crippen LogP contribution is 2.72. The Morgan fingerprint density at radius 2 is 1.73 bits per heavy atom. The summed E-state index contributed by atoms with van der Waals surface area (Å²) in [4.78, 5) is 39.2. The van der Waals surface area contributed by atoms with E-state index < -0.39 is 21.1 Å². The predicted octanol–water partition coefficient (Wildman–Crippen LogP) is 5.67. The molecule has 0 radical (unpaired) electrons. The lowest BCUT2D eigenvalue weighted by molar-refractivity contribution is -0.130. The second-order valence-corrected chi connectivity index (χ2v) is 10.3. The van der Waals surface area contributed by atoms with E-state index in [9.17, 15) is 14.4 Å². The number of carbonyl (C=O) groups excluding carboxylic acids is 3. The molecule has 2 fully saturated rings. The molecule has 6 heteroatoms. The Bertz CT molecular complexity index is 1070. The Morgan fingerprint density at radius 3 is 2.33 bits per heavy atom. The highest BCUT2D eigenvalue weighted by molar-refractivity contribution is 9.10. The number of Topliss-reactive ketones (excluding diaryl/α,β-unsaturated/α-hetero) is 1. The van der Waals surface area contributed by atoms with Gasteiger partial charge in [0.15, 0.2) is 11.6 Å². The number of carbonyl (C=O) groups is 3. The summed E-state index contributed by atoms with van der Waals surface area (Å²) >= 11 is 9.70. The third kappa shape index (κ3) is 2.68. The van der Waals surface area contributed by atoms with Crippen LogP contribution in [0.25, 0.3) is 0 Å². The fraction of sp³-hybridized carbons (Fsp3) is 0.375. The summed E-state index contributed by atoms with van der Waals surface area (Å²) in [6, 6.07) is 13.7. The molecule has 2 bridgehead atoms. The Morgan fingerprint density at radius 1 is 1.07 bits per heavy atom. The summed E-state index contributed by atoms with van der Waals surface area (Å²) in [5, 5.41) is 3.38. The van der Waals surface area contributed by atoms with Gasteiger partial charge in [0.2, 0.25) is 5.91 Å². The van der Waals surface area contributed by atoms with Crippen molar-refractivity contribution < 1.29 is 14.4 Å². The third-order valence-corrected chi connectivity index (χ3v) is 9.07. The molecule has 0 heterocycles. The highest BCUT2D eigenvalue weighted by Gasteiger charge is 2.76. The monoisotopic (exact) mass is 487 g/mol. The number of halogens is 2. The zero-order valence-electron chi connectivity index (χ0n) is 17.1. The normalized spacial score (nSPS) is 29.1. The van der Waals surface area contributed by atoms with Gasteiger partial charge in [-0.05, 0) is 36.5 Å². The van der Waals surface area contributed by atoms with Gasteiger partial charge in [0, 0.05) is 21.6 Å². The number of anilines is 1. The molecule has 0 aromatic heterocycles. The number of nitrogens with one attached hydrogen (secondary N) is 1. The maximum Gasteiger partial charge on any atom is 0.232 e. The number of ketones is 2. The fourth-order valence-electron chi connectivity index (χ4n) is 5.25. The molecule has 2 saturated carbocycles. The van der Waals surface area contributed by atoms with Crippen molar-refractivity contribution >= 4 is 50.7 Å². The van der Waals surface area contributed by atoms with Gasteiger partial charge in [0.1, 0.15) is 0 Å². The van der Waals surface area contributed by atoms with E-state index in [2.05, 4.69) is 21.2 Å². The number of benzene rings is 2. The Labute approximate surface area is 189 Å². The summed E-state index contributed by atoms with van der Waals surface area (Å²) in [5.74, 6) is -0.390. The van der Waals surface area contributed by atoms with E-state index in [1.54, 1.807) is 42.5 Å². The molecule has 0 aliphatic heterocycles. The Balaban J connectivity index is 1.73. The van der Waals surface area contributed by atoms with Gasteiger partial charge in [-0.25, -0.2) is 0 Å². The molecule has 30 heavy (non-hydrogen) atoms. The zero-order valence-corrected chi connectivity index (χ0v) is 19.4. The molecule has 1 amide bonds.